The number of carbonyl (C=O) groups is 1. The van der Waals surface area contributed by atoms with Crippen molar-refractivity contribution in [2.75, 3.05) is 43.6 Å². The summed E-state index contributed by atoms with van der Waals surface area (Å²) in [6, 6.07) is 10.9. The van der Waals surface area contributed by atoms with Crippen LogP contribution in [0.15, 0.2) is 36.4 Å². The van der Waals surface area contributed by atoms with Crippen molar-refractivity contribution in [3.63, 3.8) is 0 Å². The number of anilines is 2. The minimum Gasteiger partial charge on any atom is -0.495 e. The zero-order valence-corrected chi connectivity index (χ0v) is 18.5. The van der Waals surface area contributed by atoms with Crippen molar-refractivity contribution in [3.05, 3.63) is 47.0 Å². The van der Waals surface area contributed by atoms with Gasteiger partial charge in [0.25, 0.3) is 5.91 Å². The number of nitrogens with zero attached hydrogens (tertiary/aromatic N) is 2. The molecule has 156 valence electrons. The second-order valence-corrected chi connectivity index (χ2v) is 8.37. The lowest BCUT2D eigenvalue weighted by molar-refractivity contribution is 0.0977. The normalized spacial score (nSPS) is 13.9. The molecule has 2 aromatic carbocycles. The third kappa shape index (κ3) is 4.65. The first-order valence-electron chi connectivity index (χ1n) is 9.22. The van der Waals surface area contributed by atoms with E-state index in [0.29, 0.717) is 21.5 Å². The van der Waals surface area contributed by atoms with Gasteiger partial charge in [0.2, 0.25) is 0 Å². The number of amides is 1. The second-order valence-electron chi connectivity index (χ2n) is 6.53. The summed E-state index contributed by atoms with van der Waals surface area (Å²) in [6.45, 7) is 3.23. The Bertz CT molecular complexity index is 1100. The van der Waals surface area contributed by atoms with Gasteiger partial charge in [-0.25, -0.2) is 4.98 Å². The van der Waals surface area contributed by atoms with Gasteiger partial charge in [0, 0.05) is 24.3 Å². The Morgan fingerprint density at radius 3 is 2.80 bits per heavy atom. The molecule has 1 saturated heterocycles. The van der Waals surface area contributed by atoms with Crippen LogP contribution in [0.5, 0.6) is 5.75 Å². The molecule has 0 aliphatic carbocycles. The predicted octanol–water partition coefficient (Wildman–Crippen LogP) is 3.92. The summed E-state index contributed by atoms with van der Waals surface area (Å²) in [5, 5.41) is 6.76. The number of halogens is 1. The van der Waals surface area contributed by atoms with E-state index in [-0.39, 0.29) is 11.0 Å². The first-order chi connectivity index (χ1) is 14.5. The summed E-state index contributed by atoms with van der Waals surface area (Å²) in [4.78, 5) is 19.3. The van der Waals surface area contributed by atoms with Crippen LogP contribution in [-0.4, -0.2) is 49.4 Å². The van der Waals surface area contributed by atoms with Gasteiger partial charge in [0.05, 0.1) is 35.6 Å². The lowest BCUT2D eigenvalue weighted by Crippen LogP contribution is -2.36. The third-order valence-electron chi connectivity index (χ3n) is 4.61. The maximum Gasteiger partial charge on any atom is 0.257 e. The van der Waals surface area contributed by atoms with Crippen molar-refractivity contribution in [1.82, 2.24) is 10.3 Å². The molecule has 1 amide bonds. The Labute approximate surface area is 187 Å². The fraction of sp³-hybridized carbons (Fsp3) is 0.250. The van der Waals surface area contributed by atoms with Gasteiger partial charge in [0.15, 0.2) is 10.2 Å². The van der Waals surface area contributed by atoms with Crippen LogP contribution >= 0.6 is 35.2 Å². The highest BCUT2D eigenvalue weighted by Gasteiger charge is 2.15. The first kappa shape index (κ1) is 20.8. The van der Waals surface area contributed by atoms with Gasteiger partial charge in [-0.15, -0.1) is 0 Å². The molecule has 0 spiro atoms. The van der Waals surface area contributed by atoms with E-state index in [1.165, 1.54) is 24.5 Å². The minimum atomic E-state index is -0.368. The molecule has 2 heterocycles. The van der Waals surface area contributed by atoms with Gasteiger partial charge in [-0.2, -0.15) is 0 Å². The SMILES string of the molecule is COc1ccc(C(=O)NC(=S)Nc2nc3ccc(N4CCOCC4)cc3s2)cc1Cl. The highest BCUT2D eigenvalue weighted by molar-refractivity contribution is 7.80. The van der Waals surface area contributed by atoms with Gasteiger partial charge < -0.3 is 19.7 Å². The molecule has 0 radical (unpaired) electrons. The Morgan fingerprint density at radius 2 is 2.07 bits per heavy atom. The van der Waals surface area contributed by atoms with Gasteiger partial charge in [-0.05, 0) is 48.6 Å². The van der Waals surface area contributed by atoms with Crippen molar-refractivity contribution in [1.29, 1.82) is 0 Å². The molecule has 2 N–H and O–H groups in total. The zero-order valence-electron chi connectivity index (χ0n) is 16.1. The van der Waals surface area contributed by atoms with Gasteiger partial charge in [-0.3, -0.25) is 10.1 Å². The number of methoxy groups -OCH3 is 1. The smallest absolute Gasteiger partial charge is 0.257 e. The quantitative estimate of drug-likeness (QED) is 0.569. The van der Waals surface area contributed by atoms with Crippen LogP contribution in [0.4, 0.5) is 10.8 Å². The maximum atomic E-state index is 12.4. The summed E-state index contributed by atoms with van der Waals surface area (Å²) < 4.78 is 11.6. The van der Waals surface area contributed by atoms with Crippen LogP contribution in [0.25, 0.3) is 10.2 Å². The molecule has 1 aliphatic heterocycles. The van der Waals surface area contributed by atoms with E-state index in [1.807, 2.05) is 6.07 Å². The molecule has 0 bridgehead atoms. The highest BCUT2D eigenvalue weighted by Crippen LogP contribution is 2.30. The van der Waals surface area contributed by atoms with Crippen molar-refractivity contribution in [2.45, 2.75) is 0 Å². The number of fused-ring (bicyclic) bond motifs is 1. The third-order valence-corrected chi connectivity index (χ3v) is 6.04. The molecule has 4 rings (SSSR count). The predicted molar refractivity (Wildman–Crippen MR) is 124 cm³/mol. The monoisotopic (exact) mass is 462 g/mol. The minimum absolute atomic E-state index is 0.166. The topological polar surface area (TPSA) is 75.7 Å². The summed E-state index contributed by atoms with van der Waals surface area (Å²) in [5.41, 5.74) is 2.40. The molecule has 10 heteroatoms. The van der Waals surface area contributed by atoms with E-state index >= 15 is 0 Å². The van der Waals surface area contributed by atoms with Crippen LogP contribution in [0.2, 0.25) is 5.02 Å². The zero-order chi connectivity index (χ0) is 21.1. The fourth-order valence-electron chi connectivity index (χ4n) is 3.10. The van der Waals surface area contributed by atoms with Crippen molar-refractivity contribution < 1.29 is 14.3 Å². The second kappa shape index (κ2) is 9.13. The molecular formula is C20H19ClN4O3S2. The van der Waals surface area contributed by atoms with Crippen molar-refractivity contribution in [3.8, 4) is 5.75 Å². The fourth-order valence-corrected chi connectivity index (χ4v) is 4.51. The largest absolute Gasteiger partial charge is 0.495 e. The van der Waals surface area contributed by atoms with E-state index in [1.54, 1.807) is 12.1 Å². The molecule has 0 atom stereocenters. The van der Waals surface area contributed by atoms with E-state index < -0.39 is 0 Å². The number of carbonyl (C=O) groups excluding carboxylic acids is 1. The number of aromatic nitrogens is 1. The molecule has 1 aliphatic rings. The summed E-state index contributed by atoms with van der Waals surface area (Å²) in [5.74, 6) is 0.132. The van der Waals surface area contributed by atoms with Crippen molar-refractivity contribution in [2.24, 2.45) is 0 Å². The number of morpholine rings is 1. The molecule has 1 aromatic heterocycles. The van der Waals surface area contributed by atoms with Crippen molar-refractivity contribution >= 4 is 67.2 Å². The Hall–Kier alpha value is -2.46. The van der Waals surface area contributed by atoms with Gasteiger partial charge in [0.1, 0.15) is 5.75 Å². The highest BCUT2D eigenvalue weighted by atomic mass is 35.5. The Kier molecular flexibility index (Phi) is 6.33. The average Bonchev–Trinajstić information content (AvgIpc) is 3.15. The van der Waals surface area contributed by atoms with Crippen LogP contribution in [0.1, 0.15) is 10.4 Å². The molecule has 0 unspecified atom stereocenters. The molecule has 3 aromatic rings. The number of benzene rings is 2. The van der Waals surface area contributed by atoms with E-state index in [9.17, 15) is 4.79 Å². The van der Waals surface area contributed by atoms with Crippen LogP contribution in [0, 0.1) is 0 Å². The number of hydrogen-bond donors (Lipinski definition) is 2. The summed E-state index contributed by atoms with van der Waals surface area (Å²) >= 11 is 12.8. The number of nitrogens with one attached hydrogen (secondary N) is 2. The Morgan fingerprint density at radius 1 is 1.27 bits per heavy atom. The van der Waals surface area contributed by atoms with Gasteiger partial charge in [-0.1, -0.05) is 22.9 Å². The summed E-state index contributed by atoms with van der Waals surface area (Å²) in [6.07, 6.45) is 0. The number of hydrogen-bond acceptors (Lipinski definition) is 7. The van der Waals surface area contributed by atoms with E-state index in [4.69, 9.17) is 33.3 Å². The molecular weight excluding hydrogens is 444 g/mol. The molecule has 30 heavy (non-hydrogen) atoms. The van der Waals surface area contributed by atoms with Crippen LogP contribution < -0.4 is 20.3 Å². The standard InChI is InChI=1S/C20H19ClN4O3S2/c1-27-16-5-2-12(10-14(16)21)18(26)23-19(29)24-20-22-15-4-3-13(11-17(15)30-20)25-6-8-28-9-7-25/h2-5,10-11H,6-9H2,1H3,(H2,22,23,24,26,29). The van der Waals surface area contributed by atoms with Crippen LogP contribution in [-0.2, 0) is 4.74 Å². The number of ether oxygens (including phenoxy) is 2. The number of thiocarbonyl (C=S) groups is 1. The lowest BCUT2D eigenvalue weighted by atomic mass is 10.2. The number of thiazole rings is 1. The van der Waals surface area contributed by atoms with Crippen LogP contribution in [0.3, 0.4) is 0 Å². The first-order valence-corrected chi connectivity index (χ1v) is 10.8. The average molecular weight is 463 g/mol. The Balaban J connectivity index is 1.42. The molecule has 1 fully saturated rings. The number of rotatable bonds is 4. The van der Waals surface area contributed by atoms with E-state index in [2.05, 4.69) is 32.7 Å². The van der Waals surface area contributed by atoms with Gasteiger partial charge >= 0.3 is 0 Å². The molecule has 0 saturated carbocycles. The summed E-state index contributed by atoms with van der Waals surface area (Å²) in [7, 11) is 1.52. The lowest BCUT2D eigenvalue weighted by Gasteiger charge is -2.28. The van der Waals surface area contributed by atoms with E-state index in [0.717, 1.165) is 42.2 Å². The maximum absolute atomic E-state index is 12.4. The molecule has 7 nitrogen and oxygen atoms in total.